The van der Waals surface area contributed by atoms with Crippen LogP contribution < -0.4 is 0 Å². The van der Waals surface area contributed by atoms with Gasteiger partial charge in [0.25, 0.3) is 0 Å². The maximum atomic E-state index is 12.2. The van der Waals surface area contributed by atoms with Crippen molar-refractivity contribution in [3.8, 4) is 0 Å². The van der Waals surface area contributed by atoms with Crippen LogP contribution in [0, 0.1) is 0 Å². The molecule has 0 heterocycles. The quantitative estimate of drug-likeness (QED) is 0.0374. The van der Waals surface area contributed by atoms with E-state index in [1.807, 2.05) is 0 Å². The maximum absolute atomic E-state index is 12.2. The van der Waals surface area contributed by atoms with Gasteiger partial charge in [-0.15, -0.1) is 0 Å². The molecule has 0 aromatic carbocycles. The van der Waals surface area contributed by atoms with Crippen LogP contribution in [0.5, 0.6) is 0 Å². The zero-order chi connectivity index (χ0) is 49.2. The topological polar surface area (TPSA) is 72.8 Å². The van der Waals surface area contributed by atoms with Crippen LogP contribution >= 0.6 is 0 Å². The van der Waals surface area contributed by atoms with E-state index in [-0.39, 0.29) is 25.2 Å². The van der Waals surface area contributed by atoms with Gasteiger partial charge in [-0.3, -0.25) is 9.59 Å². The van der Waals surface area contributed by atoms with Crippen molar-refractivity contribution in [1.29, 1.82) is 0 Å². The van der Waals surface area contributed by atoms with E-state index in [2.05, 4.69) is 38.2 Å². The maximum Gasteiger partial charge on any atom is 0.306 e. The number of aliphatic hydroxyl groups is 1. The number of hydrogen-bond acceptors (Lipinski definition) is 5. The summed E-state index contributed by atoms with van der Waals surface area (Å²) in [5.41, 5.74) is 0. The zero-order valence-corrected chi connectivity index (χ0v) is 46.2. The molecular formula is C63H120O5. The van der Waals surface area contributed by atoms with E-state index in [9.17, 15) is 14.7 Å². The normalized spacial score (nSPS) is 12.2. The van der Waals surface area contributed by atoms with E-state index in [4.69, 9.17) is 9.47 Å². The third-order valence-electron chi connectivity index (χ3n) is 14.2. The molecule has 0 saturated heterocycles. The molecule has 0 saturated carbocycles. The number of unbranched alkanes of at least 4 members (excludes halogenated alkanes) is 46. The molecule has 0 aromatic heterocycles. The molecular weight excluding hydrogens is 837 g/mol. The third kappa shape index (κ3) is 57.0. The number of rotatable bonds is 58. The summed E-state index contributed by atoms with van der Waals surface area (Å²) in [6.07, 6.45) is 76.4. The molecule has 1 N–H and O–H groups in total. The first kappa shape index (κ1) is 66.4. The molecule has 5 nitrogen and oxygen atoms in total. The molecule has 0 bridgehead atoms. The standard InChI is InChI=1S/C63H120O5/c1-3-5-7-9-11-13-15-17-19-20-21-22-23-24-25-26-27-28-29-30-31-32-33-34-35-36-37-38-39-40-41-42-43-44-46-47-49-51-53-55-57-62(65)67-60-61(59-64)68-63(66)58-56-54-52-50-48-45-18-16-14-12-10-8-6-4-2/h10,12,16,18,61,64H,3-9,11,13-15,17,19-60H2,1-2H3/b12-10-,18-16-. The molecule has 1 unspecified atom stereocenters. The monoisotopic (exact) mass is 957 g/mol. The van der Waals surface area contributed by atoms with Crippen LogP contribution in [0.4, 0.5) is 0 Å². The van der Waals surface area contributed by atoms with Crippen LogP contribution in [0.2, 0.25) is 0 Å². The molecule has 0 aliphatic heterocycles. The highest BCUT2D eigenvalue weighted by atomic mass is 16.6. The van der Waals surface area contributed by atoms with Crippen LogP contribution in [0.3, 0.4) is 0 Å². The van der Waals surface area contributed by atoms with Crippen LogP contribution in [-0.2, 0) is 19.1 Å². The van der Waals surface area contributed by atoms with Gasteiger partial charge in [0.2, 0.25) is 0 Å². The molecule has 0 aromatic rings. The van der Waals surface area contributed by atoms with Crippen molar-refractivity contribution in [3.05, 3.63) is 24.3 Å². The molecule has 402 valence electrons. The van der Waals surface area contributed by atoms with Gasteiger partial charge >= 0.3 is 11.9 Å². The first-order valence-corrected chi connectivity index (χ1v) is 30.9. The Balaban J connectivity index is 3.32. The Hall–Kier alpha value is -1.62. The van der Waals surface area contributed by atoms with E-state index in [0.717, 1.165) is 51.4 Å². The highest BCUT2D eigenvalue weighted by Gasteiger charge is 2.16. The third-order valence-corrected chi connectivity index (χ3v) is 14.2. The highest BCUT2D eigenvalue weighted by Crippen LogP contribution is 2.18. The predicted molar refractivity (Wildman–Crippen MR) is 298 cm³/mol. The van der Waals surface area contributed by atoms with Crippen LogP contribution in [0.25, 0.3) is 0 Å². The fourth-order valence-electron chi connectivity index (χ4n) is 9.58. The lowest BCUT2D eigenvalue weighted by Crippen LogP contribution is -2.28. The van der Waals surface area contributed by atoms with Gasteiger partial charge < -0.3 is 14.6 Å². The van der Waals surface area contributed by atoms with Gasteiger partial charge in [-0.25, -0.2) is 0 Å². The van der Waals surface area contributed by atoms with E-state index < -0.39 is 6.10 Å². The zero-order valence-electron chi connectivity index (χ0n) is 46.2. The molecule has 1 atom stereocenters. The number of esters is 2. The van der Waals surface area contributed by atoms with Gasteiger partial charge in [0.15, 0.2) is 6.10 Å². The first-order valence-electron chi connectivity index (χ1n) is 30.9. The number of ether oxygens (including phenoxy) is 2. The highest BCUT2D eigenvalue weighted by molar-refractivity contribution is 5.70. The summed E-state index contributed by atoms with van der Waals surface area (Å²) in [6.45, 7) is 4.13. The average molecular weight is 958 g/mol. The number of aliphatic hydroxyl groups excluding tert-OH is 1. The van der Waals surface area contributed by atoms with E-state index in [1.165, 1.54) is 270 Å². The molecule has 0 radical (unpaired) electrons. The second-order valence-electron chi connectivity index (χ2n) is 21.1. The molecule has 0 aliphatic carbocycles. The molecule has 0 spiro atoms. The van der Waals surface area contributed by atoms with Gasteiger partial charge in [-0.05, 0) is 38.5 Å². The first-order chi connectivity index (χ1) is 33.6. The summed E-state index contributed by atoms with van der Waals surface area (Å²) in [5.74, 6) is -0.591. The fourth-order valence-corrected chi connectivity index (χ4v) is 9.58. The van der Waals surface area contributed by atoms with Gasteiger partial charge in [0.1, 0.15) is 6.61 Å². The number of allylic oxidation sites excluding steroid dienone is 4. The van der Waals surface area contributed by atoms with Crippen molar-refractivity contribution in [1.82, 2.24) is 0 Å². The van der Waals surface area contributed by atoms with Crippen molar-refractivity contribution in [2.24, 2.45) is 0 Å². The van der Waals surface area contributed by atoms with Crippen molar-refractivity contribution < 1.29 is 24.2 Å². The smallest absolute Gasteiger partial charge is 0.306 e. The number of carbonyl (C=O) groups excluding carboxylic acids is 2. The second kappa shape index (κ2) is 59.7. The van der Waals surface area contributed by atoms with Crippen molar-refractivity contribution >= 4 is 11.9 Å². The van der Waals surface area contributed by atoms with Gasteiger partial charge in [0.05, 0.1) is 6.61 Å². The summed E-state index contributed by atoms with van der Waals surface area (Å²) in [7, 11) is 0. The van der Waals surface area contributed by atoms with Crippen LogP contribution in [-0.4, -0.2) is 36.4 Å². The lowest BCUT2D eigenvalue weighted by Gasteiger charge is -2.15. The van der Waals surface area contributed by atoms with Crippen LogP contribution in [0.1, 0.15) is 348 Å². The van der Waals surface area contributed by atoms with Crippen molar-refractivity contribution in [2.75, 3.05) is 13.2 Å². The molecule has 0 rings (SSSR count). The van der Waals surface area contributed by atoms with Gasteiger partial charge in [-0.1, -0.05) is 321 Å². The van der Waals surface area contributed by atoms with E-state index in [0.29, 0.717) is 12.8 Å². The Morgan fingerprint density at radius 3 is 0.912 bits per heavy atom. The molecule has 5 heteroatoms. The summed E-state index contributed by atoms with van der Waals surface area (Å²) in [5, 5.41) is 9.62. The van der Waals surface area contributed by atoms with E-state index >= 15 is 0 Å². The summed E-state index contributed by atoms with van der Waals surface area (Å²) in [4.78, 5) is 24.4. The number of hydrogen-bond donors (Lipinski definition) is 1. The molecule has 68 heavy (non-hydrogen) atoms. The second-order valence-corrected chi connectivity index (χ2v) is 21.1. The fraction of sp³-hybridized carbons (Fsp3) is 0.905. The number of carbonyl (C=O) groups is 2. The Kier molecular flexibility index (Phi) is 58.3. The van der Waals surface area contributed by atoms with Gasteiger partial charge in [0, 0.05) is 12.8 Å². The van der Waals surface area contributed by atoms with Crippen molar-refractivity contribution in [2.45, 2.75) is 354 Å². The minimum absolute atomic E-state index is 0.0666. The summed E-state index contributed by atoms with van der Waals surface area (Å²) < 4.78 is 10.7. The lowest BCUT2D eigenvalue weighted by molar-refractivity contribution is -0.161. The predicted octanol–water partition coefficient (Wildman–Crippen LogP) is 20.9. The minimum atomic E-state index is -0.776. The Bertz CT molecular complexity index is 1040. The average Bonchev–Trinajstić information content (AvgIpc) is 3.34. The van der Waals surface area contributed by atoms with Crippen molar-refractivity contribution in [3.63, 3.8) is 0 Å². The van der Waals surface area contributed by atoms with Crippen LogP contribution in [0.15, 0.2) is 24.3 Å². The van der Waals surface area contributed by atoms with E-state index in [1.54, 1.807) is 0 Å². The molecule has 0 amide bonds. The Morgan fingerprint density at radius 2 is 0.603 bits per heavy atom. The SMILES string of the molecule is CCCC/C=C\C/C=C\CCCCCCCC(=O)OC(CO)COC(=O)CCCCCCCCCCCCCCCCCCCCCCCCCCCCCCCCCCCCCCCCCC. The lowest BCUT2D eigenvalue weighted by atomic mass is 10.0. The summed E-state index contributed by atoms with van der Waals surface area (Å²) >= 11 is 0. The molecule has 0 fully saturated rings. The Morgan fingerprint density at radius 1 is 0.338 bits per heavy atom. The summed E-state index contributed by atoms with van der Waals surface area (Å²) in [6, 6.07) is 0. The largest absolute Gasteiger partial charge is 0.462 e. The van der Waals surface area contributed by atoms with Gasteiger partial charge in [-0.2, -0.15) is 0 Å². The minimum Gasteiger partial charge on any atom is -0.462 e. The molecule has 0 aliphatic rings. The Labute approximate surface area is 425 Å².